The summed E-state index contributed by atoms with van der Waals surface area (Å²) < 4.78 is 19.8. The van der Waals surface area contributed by atoms with Crippen LogP contribution in [0.5, 0.6) is 0 Å². The van der Waals surface area contributed by atoms with Gasteiger partial charge in [0.15, 0.2) is 0 Å². The molecule has 0 aliphatic carbocycles. The molecule has 0 aromatic heterocycles. The Bertz CT molecular complexity index is 188. The van der Waals surface area contributed by atoms with E-state index in [0.29, 0.717) is 0 Å². The van der Waals surface area contributed by atoms with Crippen LogP contribution in [0.25, 0.3) is 0 Å². The highest BCUT2D eigenvalue weighted by Gasteiger charge is 2.49. The predicted molar refractivity (Wildman–Crippen MR) is 30.4 cm³/mol. The van der Waals surface area contributed by atoms with E-state index in [-0.39, 0.29) is 0 Å². The van der Waals surface area contributed by atoms with Crippen LogP contribution in [0.4, 0.5) is 0 Å². The van der Waals surface area contributed by atoms with E-state index in [1.165, 1.54) is 0 Å². The van der Waals surface area contributed by atoms with Crippen LogP contribution in [-0.4, -0.2) is 30.2 Å². The van der Waals surface area contributed by atoms with Gasteiger partial charge in [-0.15, -0.1) is 0 Å². The molecule has 7 nitrogen and oxygen atoms in total. The van der Waals surface area contributed by atoms with Crippen LogP contribution in [-0.2, 0) is 9.13 Å². The molecule has 0 aliphatic heterocycles. The normalized spacial score (nSPS) is 16.9. The smallest absolute Gasteiger partial charge is 0.349 e. The minimum atomic E-state index is -5.33. The molecule has 1 atom stereocenters. The maximum Gasteiger partial charge on any atom is 0.394 e. The van der Waals surface area contributed by atoms with Crippen LogP contribution in [0.15, 0.2) is 0 Å². The van der Waals surface area contributed by atoms with Gasteiger partial charge in [-0.3, -0.25) is 9.13 Å². The fraction of sp³-hybridized carbons (Fsp3) is 1.00. The highest BCUT2D eigenvalue weighted by molar-refractivity contribution is 7.66. The lowest BCUT2D eigenvalue weighted by atomic mass is 11.5. The Morgan fingerprint density at radius 2 is 1.60 bits per heavy atom. The second kappa shape index (κ2) is 2.71. The van der Waals surface area contributed by atoms with Crippen molar-refractivity contribution in [2.45, 2.75) is 5.27 Å². The predicted octanol–water partition coefficient (Wildman–Crippen LogP) is -1.77. The first-order valence-corrected chi connectivity index (χ1v) is 4.90. The second-order valence-corrected chi connectivity index (χ2v) is 4.92. The lowest BCUT2D eigenvalue weighted by molar-refractivity contribution is -0.0377. The van der Waals surface area contributed by atoms with Crippen LogP contribution in [0.3, 0.4) is 0 Å². The average molecular weight is 192 g/mol. The molecular formula is CH6O7P2. The maximum absolute atomic E-state index is 9.95. The molecule has 0 amide bonds. The third-order valence-electron chi connectivity index (χ3n) is 0.693. The molecule has 0 heterocycles. The molecule has 0 bridgehead atoms. The molecule has 0 aliphatic rings. The minimum absolute atomic E-state index is 3.79. The van der Waals surface area contributed by atoms with Gasteiger partial charge in [-0.2, -0.15) is 0 Å². The van der Waals surface area contributed by atoms with Gasteiger partial charge in [-0.1, -0.05) is 0 Å². The summed E-state index contributed by atoms with van der Waals surface area (Å²) in [6, 6.07) is 0. The van der Waals surface area contributed by atoms with Crippen LogP contribution < -0.4 is 0 Å². The van der Waals surface area contributed by atoms with Crippen molar-refractivity contribution < 1.29 is 34.0 Å². The first kappa shape index (κ1) is 10.3. The summed E-state index contributed by atoms with van der Waals surface area (Å²) in [5.41, 5.74) is 0. The van der Waals surface area contributed by atoms with E-state index < -0.39 is 20.9 Å². The largest absolute Gasteiger partial charge is 0.394 e. The Kier molecular flexibility index (Phi) is 2.78. The molecule has 0 saturated carbocycles. The van der Waals surface area contributed by atoms with E-state index in [1.54, 1.807) is 0 Å². The van der Waals surface area contributed by atoms with E-state index >= 15 is 0 Å². The zero-order chi connectivity index (χ0) is 8.58. The molecular weight excluding hydrogens is 186 g/mol. The third kappa shape index (κ3) is 1.87. The summed E-state index contributed by atoms with van der Waals surface area (Å²) >= 11 is 0. The first-order valence-electron chi connectivity index (χ1n) is 1.93. The van der Waals surface area contributed by atoms with Crippen molar-refractivity contribution >= 4 is 15.6 Å². The molecule has 0 aromatic rings. The van der Waals surface area contributed by atoms with Gasteiger partial charge in [0.1, 0.15) is 0 Å². The Hall–Kier alpha value is 0.260. The molecule has 5 N–H and O–H groups in total. The summed E-state index contributed by atoms with van der Waals surface area (Å²) in [5, 5.41) is 12.6. The minimum Gasteiger partial charge on any atom is -0.349 e. The van der Waals surface area contributed by atoms with Gasteiger partial charge in [0, 0.05) is 0 Å². The molecule has 0 rings (SSSR count). The number of hydrogen-bond acceptors (Lipinski definition) is 4. The molecule has 0 spiro atoms. The monoisotopic (exact) mass is 192 g/mol. The molecule has 62 valence electrons. The van der Waals surface area contributed by atoms with Gasteiger partial charge in [0.05, 0.1) is 0 Å². The van der Waals surface area contributed by atoms with Crippen LogP contribution in [0.2, 0.25) is 0 Å². The van der Waals surface area contributed by atoms with Crippen LogP contribution >= 0.6 is 15.6 Å². The molecule has 0 saturated heterocycles. The SMILES string of the molecule is O=[PH](O)C(O)(O)P(=O)(O)O. The summed E-state index contributed by atoms with van der Waals surface area (Å²) in [5.74, 6) is 0. The van der Waals surface area contributed by atoms with Gasteiger partial charge < -0.3 is 24.9 Å². The van der Waals surface area contributed by atoms with E-state index in [1.807, 2.05) is 0 Å². The third-order valence-corrected chi connectivity index (χ3v) is 3.53. The molecule has 9 heteroatoms. The lowest BCUT2D eigenvalue weighted by Gasteiger charge is -2.18. The summed E-state index contributed by atoms with van der Waals surface area (Å²) in [6.45, 7) is 0. The van der Waals surface area contributed by atoms with Gasteiger partial charge in [-0.05, 0) is 0 Å². The number of hydrogen-bond donors (Lipinski definition) is 5. The standard InChI is InChI=1S/CH6O7P2/c2-1(3,9(4)5)10(6,7)8/h2-3,9H,(H,4,5)(H2,6,7,8). The fourth-order valence-electron chi connectivity index (χ4n) is 0.125. The van der Waals surface area contributed by atoms with E-state index in [9.17, 15) is 9.13 Å². The zero-order valence-electron chi connectivity index (χ0n) is 4.50. The molecule has 0 fully saturated rings. The summed E-state index contributed by atoms with van der Waals surface area (Å²) in [7, 11) is -9.40. The summed E-state index contributed by atoms with van der Waals surface area (Å²) in [6.07, 6.45) is 0. The van der Waals surface area contributed by atoms with E-state index in [0.717, 1.165) is 0 Å². The molecule has 1 unspecified atom stereocenters. The van der Waals surface area contributed by atoms with Gasteiger partial charge in [-0.25, -0.2) is 0 Å². The second-order valence-electron chi connectivity index (χ2n) is 1.48. The van der Waals surface area contributed by atoms with Gasteiger partial charge in [0.25, 0.3) is 8.03 Å². The van der Waals surface area contributed by atoms with Crippen molar-refractivity contribution in [1.82, 2.24) is 0 Å². The molecule has 10 heavy (non-hydrogen) atoms. The Labute approximate surface area is 56.0 Å². The zero-order valence-corrected chi connectivity index (χ0v) is 6.39. The lowest BCUT2D eigenvalue weighted by Crippen LogP contribution is -2.22. The fourth-order valence-corrected chi connectivity index (χ4v) is 1.12. The Morgan fingerprint density at radius 3 is 1.60 bits per heavy atom. The van der Waals surface area contributed by atoms with Crippen molar-refractivity contribution in [2.75, 3.05) is 0 Å². The molecule has 0 radical (unpaired) electrons. The first-order chi connectivity index (χ1) is 4.19. The highest BCUT2D eigenvalue weighted by atomic mass is 31.2. The van der Waals surface area contributed by atoms with E-state index in [4.69, 9.17) is 24.9 Å². The molecule has 0 aromatic carbocycles. The van der Waals surface area contributed by atoms with Crippen molar-refractivity contribution in [1.29, 1.82) is 0 Å². The number of aliphatic hydroxyl groups is 2. The van der Waals surface area contributed by atoms with E-state index in [2.05, 4.69) is 0 Å². The van der Waals surface area contributed by atoms with Gasteiger partial charge in [0.2, 0.25) is 0 Å². The van der Waals surface area contributed by atoms with Crippen molar-refractivity contribution in [3.8, 4) is 0 Å². The van der Waals surface area contributed by atoms with Crippen LogP contribution in [0.1, 0.15) is 0 Å². The maximum atomic E-state index is 9.95. The quantitative estimate of drug-likeness (QED) is 0.258. The van der Waals surface area contributed by atoms with Crippen LogP contribution in [0, 0.1) is 0 Å². The topological polar surface area (TPSA) is 135 Å². The number of rotatable bonds is 2. The van der Waals surface area contributed by atoms with Crippen molar-refractivity contribution in [3.05, 3.63) is 0 Å². The van der Waals surface area contributed by atoms with Crippen molar-refractivity contribution in [2.24, 2.45) is 0 Å². The Morgan fingerprint density at radius 1 is 1.30 bits per heavy atom. The highest BCUT2D eigenvalue weighted by Crippen LogP contribution is 2.57. The summed E-state index contributed by atoms with van der Waals surface area (Å²) in [4.78, 5) is 24.0. The average Bonchev–Trinajstić information content (AvgIpc) is 1.62. The Balaban J connectivity index is 4.75. The van der Waals surface area contributed by atoms with Gasteiger partial charge >= 0.3 is 12.9 Å². The van der Waals surface area contributed by atoms with Crippen molar-refractivity contribution in [3.63, 3.8) is 0 Å².